The molecule has 8 heteroatoms. The van der Waals surface area contributed by atoms with E-state index < -0.39 is 17.7 Å². The Morgan fingerprint density at radius 1 is 1.08 bits per heavy atom. The molecule has 4 rings (SSSR count). The van der Waals surface area contributed by atoms with Gasteiger partial charge in [-0.15, -0.1) is 0 Å². The normalized spacial score (nSPS) is 19.9. The molecule has 2 aromatic carbocycles. The van der Waals surface area contributed by atoms with Gasteiger partial charge in [-0.3, -0.25) is 9.59 Å². The number of amides is 1. The smallest absolute Gasteiger partial charge is 0.295 e. The zero-order chi connectivity index (χ0) is 28.1. The van der Waals surface area contributed by atoms with Crippen molar-refractivity contribution in [3.05, 3.63) is 58.7 Å². The van der Waals surface area contributed by atoms with Crippen LogP contribution in [0.2, 0.25) is 0 Å². The Morgan fingerprint density at radius 2 is 1.87 bits per heavy atom. The van der Waals surface area contributed by atoms with Gasteiger partial charge in [-0.05, 0) is 88.8 Å². The van der Waals surface area contributed by atoms with Gasteiger partial charge in [0.05, 0.1) is 24.8 Å². The van der Waals surface area contributed by atoms with Crippen LogP contribution in [0, 0.1) is 0 Å². The molecule has 8 nitrogen and oxygen atoms in total. The molecule has 2 aliphatic heterocycles. The second kappa shape index (κ2) is 12.6. The number of carbonyl (C=O) groups is 2. The van der Waals surface area contributed by atoms with E-state index in [-0.39, 0.29) is 17.4 Å². The maximum Gasteiger partial charge on any atom is 0.295 e. The third-order valence-electron chi connectivity index (χ3n) is 7.05. The van der Waals surface area contributed by atoms with Crippen molar-refractivity contribution in [2.45, 2.75) is 58.6 Å². The second-order valence-electron chi connectivity index (χ2n) is 10.4. The number of likely N-dealkylation sites (tertiary alicyclic amines) is 1. The summed E-state index contributed by atoms with van der Waals surface area (Å²) in [5.41, 5.74) is 2.23. The van der Waals surface area contributed by atoms with Crippen LogP contribution >= 0.6 is 0 Å². The van der Waals surface area contributed by atoms with Crippen molar-refractivity contribution in [2.75, 3.05) is 40.4 Å². The van der Waals surface area contributed by atoms with E-state index in [2.05, 4.69) is 6.92 Å². The number of Topliss-reactive ketones (excluding diaryl/α,β-unsaturated/α-hetero) is 1. The van der Waals surface area contributed by atoms with Crippen LogP contribution in [0.5, 0.6) is 17.2 Å². The van der Waals surface area contributed by atoms with E-state index in [4.69, 9.17) is 14.2 Å². The summed E-state index contributed by atoms with van der Waals surface area (Å²) in [5.74, 6) is 0.463. The molecule has 0 bridgehead atoms. The molecule has 1 fully saturated rings. The number of unbranched alkanes of at least 4 members (excludes halogenated alkanes) is 1. The molecule has 0 aliphatic carbocycles. The quantitative estimate of drug-likeness (QED) is 0.178. The number of benzene rings is 2. The van der Waals surface area contributed by atoms with Crippen LogP contribution in [-0.4, -0.2) is 73.1 Å². The second-order valence-corrected chi connectivity index (χ2v) is 10.4. The molecule has 39 heavy (non-hydrogen) atoms. The predicted octanol–water partition coefficient (Wildman–Crippen LogP) is 4.96. The number of aliphatic hydroxyl groups is 1. The number of ether oxygens (including phenoxy) is 3. The Kier molecular flexibility index (Phi) is 9.17. The van der Waals surface area contributed by atoms with Crippen LogP contribution in [0.4, 0.5) is 0 Å². The SMILES string of the molecule is CCCCOc1ccc([C@@H]2/C(=C(\O)c3ccc4c(c3)C[C@@H](C)O4)C(=O)C(=O)N2CCCN(C)C)cc1OCC. The maximum absolute atomic E-state index is 13.4. The summed E-state index contributed by atoms with van der Waals surface area (Å²) < 4.78 is 17.7. The highest BCUT2D eigenvalue weighted by atomic mass is 16.5. The summed E-state index contributed by atoms with van der Waals surface area (Å²) in [6.07, 6.45) is 3.38. The van der Waals surface area contributed by atoms with Gasteiger partial charge >= 0.3 is 0 Å². The van der Waals surface area contributed by atoms with Crippen LogP contribution in [0.15, 0.2) is 42.0 Å². The van der Waals surface area contributed by atoms with E-state index in [1.54, 1.807) is 11.0 Å². The lowest BCUT2D eigenvalue weighted by Crippen LogP contribution is -2.32. The van der Waals surface area contributed by atoms with E-state index in [1.807, 2.05) is 63.2 Å². The summed E-state index contributed by atoms with van der Waals surface area (Å²) in [6.45, 7) is 8.12. The number of hydrogen-bond acceptors (Lipinski definition) is 7. The molecule has 210 valence electrons. The predicted molar refractivity (Wildman–Crippen MR) is 150 cm³/mol. The van der Waals surface area contributed by atoms with E-state index in [0.29, 0.717) is 48.8 Å². The minimum absolute atomic E-state index is 0.0507. The Bertz CT molecular complexity index is 1240. The Labute approximate surface area is 231 Å². The first kappa shape index (κ1) is 28.5. The Balaban J connectivity index is 1.78. The van der Waals surface area contributed by atoms with Gasteiger partial charge in [0.1, 0.15) is 17.6 Å². The van der Waals surface area contributed by atoms with E-state index in [1.165, 1.54) is 0 Å². The number of carbonyl (C=O) groups excluding carboxylic acids is 2. The van der Waals surface area contributed by atoms with Crippen molar-refractivity contribution in [2.24, 2.45) is 0 Å². The molecule has 0 radical (unpaired) electrons. The molecule has 2 heterocycles. The molecule has 0 aromatic heterocycles. The van der Waals surface area contributed by atoms with Gasteiger partial charge in [-0.2, -0.15) is 0 Å². The first-order chi connectivity index (χ1) is 18.7. The number of nitrogens with zero attached hydrogens (tertiary/aromatic N) is 2. The molecule has 2 atom stereocenters. The third kappa shape index (κ3) is 6.22. The zero-order valence-electron chi connectivity index (χ0n) is 23.7. The van der Waals surface area contributed by atoms with E-state index in [9.17, 15) is 14.7 Å². The average molecular weight is 537 g/mol. The fraction of sp³-hybridized carbons (Fsp3) is 0.484. The van der Waals surface area contributed by atoms with Crippen molar-refractivity contribution < 1.29 is 28.9 Å². The Hall–Kier alpha value is -3.52. The standard InChI is InChI=1S/C31H40N2O6/c1-6-8-16-38-25-13-10-21(19-26(25)37-7-2)28-27(30(35)31(36)33(28)15-9-14-32(4)5)29(34)22-11-12-24-23(18-22)17-20(3)39-24/h10-13,18-20,28,34H,6-9,14-17H2,1-5H3/b29-27+/t20-,28-/m1/s1. The molecule has 0 unspecified atom stereocenters. The number of ketones is 1. The third-order valence-corrected chi connectivity index (χ3v) is 7.05. The van der Waals surface area contributed by atoms with Crippen LogP contribution in [0.1, 0.15) is 62.8 Å². The number of fused-ring (bicyclic) bond motifs is 1. The van der Waals surface area contributed by atoms with Gasteiger partial charge in [-0.25, -0.2) is 0 Å². The zero-order valence-corrected chi connectivity index (χ0v) is 23.7. The number of hydrogen-bond donors (Lipinski definition) is 1. The average Bonchev–Trinajstić information content (AvgIpc) is 3.40. The van der Waals surface area contributed by atoms with Gasteiger partial charge in [0, 0.05) is 18.5 Å². The molecule has 2 aromatic rings. The molecule has 1 N–H and O–H groups in total. The molecule has 2 aliphatic rings. The van der Waals surface area contributed by atoms with E-state index in [0.717, 1.165) is 37.1 Å². The van der Waals surface area contributed by atoms with E-state index >= 15 is 0 Å². The van der Waals surface area contributed by atoms with Crippen molar-refractivity contribution >= 4 is 17.4 Å². The summed E-state index contributed by atoms with van der Waals surface area (Å²) in [6, 6.07) is 10.1. The molecule has 0 spiro atoms. The molecule has 1 saturated heterocycles. The largest absolute Gasteiger partial charge is 0.507 e. The first-order valence-electron chi connectivity index (χ1n) is 13.9. The summed E-state index contributed by atoms with van der Waals surface area (Å²) in [5, 5.41) is 11.5. The van der Waals surface area contributed by atoms with Gasteiger partial charge in [-0.1, -0.05) is 19.4 Å². The van der Waals surface area contributed by atoms with Crippen molar-refractivity contribution in [1.29, 1.82) is 0 Å². The van der Waals surface area contributed by atoms with Gasteiger partial charge in [0.2, 0.25) is 0 Å². The minimum atomic E-state index is -0.750. The summed E-state index contributed by atoms with van der Waals surface area (Å²) in [4.78, 5) is 30.4. The van der Waals surface area contributed by atoms with Crippen LogP contribution in [0.25, 0.3) is 5.76 Å². The summed E-state index contributed by atoms with van der Waals surface area (Å²) in [7, 11) is 3.94. The van der Waals surface area contributed by atoms with Crippen molar-refractivity contribution in [3.8, 4) is 17.2 Å². The lowest BCUT2D eigenvalue weighted by Gasteiger charge is -2.26. The van der Waals surface area contributed by atoms with Gasteiger partial charge < -0.3 is 29.1 Å². The molecule has 0 saturated carbocycles. The fourth-order valence-corrected chi connectivity index (χ4v) is 5.15. The summed E-state index contributed by atoms with van der Waals surface area (Å²) >= 11 is 0. The minimum Gasteiger partial charge on any atom is -0.507 e. The topological polar surface area (TPSA) is 88.5 Å². The highest BCUT2D eigenvalue weighted by molar-refractivity contribution is 6.46. The monoisotopic (exact) mass is 536 g/mol. The highest BCUT2D eigenvalue weighted by Crippen LogP contribution is 2.43. The molecular formula is C31H40N2O6. The Morgan fingerprint density at radius 3 is 2.59 bits per heavy atom. The van der Waals surface area contributed by atoms with Crippen molar-refractivity contribution in [1.82, 2.24) is 9.80 Å². The van der Waals surface area contributed by atoms with Crippen LogP contribution < -0.4 is 14.2 Å². The molecular weight excluding hydrogens is 496 g/mol. The van der Waals surface area contributed by atoms with Gasteiger partial charge in [0.25, 0.3) is 11.7 Å². The number of rotatable bonds is 12. The maximum atomic E-state index is 13.4. The van der Waals surface area contributed by atoms with Crippen LogP contribution in [0.3, 0.4) is 0 Å². The van der Waals surface area contributed by atoms with Gasteiger partial charge in [0.15, 0.2) is 11.5 Å². The van der Waals surface area contributed by atoms with Crippen molar-refractivity contribution in [3.63, 3.8) is 0 Å². The molecule has 1 amide bonds. The fourth-order valence-electron chi connectivity index (χ4n) is 5.15. The highest BCUT2D eigenvalue weighted by Gasteiger charge is 2.46. The lowest BCUT2D eigenvalue weighted by molar-refractivity contribution is -0.139. The lowest BCUT2D eigenvalue weighted by atomic mass is 9.94. The first-order valence-corrected chi connectivity index (χ1v) is 13.9. The number of aliphatic hydroxyl groups excluding tert-OH is 1. The van der Waals surface area contributed by atoms with Crippen LogP contribution in [-0.2, 0) is 16.0 Å².